The maximum absolute atomic E-state index is 13.0. The Bertz CT molecular complexity index is 1160. The van der Waals surface area contributed by atoms with Gasteiger partial charge in [-0.1, -0.05) is 0 Å². The lowest BCUT2D eigenvalue weighted by atomic mass is 10.2. The zero-order valence-corrected chi connectivity index (χ0v) is 17.6. The van der Waals surface area contributed by atoms with Crippen molar-refractivity contribution in [3.8, 4) is 11.8 Å². The summed E-state index contributed by atoms with van der Waals surface area (Å²) in [7, 11) is 0. The highest BCUT2D eigenvalue weighted by molar-refractivity contribution is 7.99. The number of anilines is 1. The molecular formula is C23H18FN3O4S. The van der Waals surface area contributed by atoms with Gasteiger partial charge in [-0.2, -0.15) is 5.26 Å². The minimum Gasteiger partial charge on any atom is -0.486 e. The molecule has 2 amide bonds. The summed E-state index contributed by atoms with van der Waals surface area (Å²) in [6.45, 7) is 0.0796. The average Bonchev–Trinajstić information content (AvgIpc) is 3.49. The van der Waals surface area contributed by atoms with Gasteiger partial charge in [0.05, 0.1) is 17.5 Å². The molecule has 2 aromatic carbocycles. The normalized spacial score (nSPS) is 15.2. The lowest BCUT2D eigenvalue weighted by Crippen LogP contribution is -2.44. The van der Waals surface area contributed by atoms with Crippen LogP contribution in [0.4, 0.5) is 10.1 Å². The van der Waals surface area contributed by atoms with E-state index in [2.05, 4.69) is 5.32 Å². The van der Waals surface area contributed by atoms with E-state index in [1.54, 1.807) is 36.4 Å². The molecule has 1 atom stereocenters. The summed E-state index contributed by atoms with van der Waals surface area (Å²) in [6.07, 6.45) is 0. The van der Waals surface area contributed by atoms with Crippen LogP contribution in [0.1, 0.15) is 21.9 Å². The molecule has 9 heteroatoms. The van der Waals surface area contributed by atoms with Crippen molar-refractivity contribution in [2.45, 2.75) is 12.6 Å². The highest BCUT2D eigenvalue weighted by atomic mass is 32.2. The summed E-state index contributed by atoms with van der Waals surface area (Å²) in [5, 5.41) is 11.7. The molecule has 0 bridgehead atoms. The molecular weight excluding hydrogens is 433 g/mol. The number of carbonyl (C=O) groups is 2. The number of hydrogen-bond acceptors (Lipinski definition) is 6. The Hall–Kier alpha value is -3.77. The van der Waals surface area contributed by atoms with E-state index in [1.165, 1.54) is 40.9 Å². The number of nitrogens with one attached hydrogen (secondary N) is 1. The molecule has 3 aromatic rings. The van der Waals surface area contributed by atoms with Crippen LogP contribution in [0.25, 0.3) is 0 Å². The molecule has 162 valence electrons. The first-order chi connectivity index (χ1) is 15.5. The maximum Gasteiger partial charge on any atom is 0.290 e. The van der Waals surface area contributed by atoms with E-state index in [0.29, 0.717) is 34.4 Å². The van der Waals surface area contributed by atoms with Crippen molar-refractivity contribution in [2.24, 2.45) is 0 Å². The third kappa shape index (κ3) is 4.92. The van der Waals surface area contributed by atoms with Crippen molar-refractivity contribution >= 4 is 29.3 Å². The quantitative estimate of drug-likeness (QED) is 0.608. The fourth-order valence-electron chi connectivity index (χ4n) is 3.11. The number of furan rings is 1. The molecule has 1 fully saturated rings. The van der Waals surface area contributed by atoms with Crippen molar-refractivity contribution < 1.29 is 23.1 Å². The van der Waals surface area contributed by atoms with E-state index < -0.39 is 6.04 Å². The number of thioether (sulfide) groups is 1. The van der Waals surface area contributed by atoms with Crippen LogP contribution in [0.3, 0.4) is 0 Å². The van der Waals surface area contributed by atoms with Crippen LogP contribution in [0, 0.1) is 17.1 Å². The van der Waals surface area contributed by atoms with Crippen molar-refractivity contribution in [1.82, 2.24) is 4.90 Å². The second kappa shape index (κ2) is 9.58. The van der Waals surface area contributed by atoms with Crippen LogP contribution in [0.15, 0.2) is 65.1 Å². The molecule has 0 spiro atoms. The minimum atomic E-state index is -0.646. The van der Waals surface area contributed by atoms with Crippen molar-refractivity contribution in [1.29, 1.82) is 5.26 Å². The zero-order valence-electron chi connectivity index (χ0n) is 16.8. The first-order valence-electron chi connectivity index (χ1n) is 9.70. The third-order valence-electron chi connectivity index (χ3n) is 4.79. The summed E-state index contributed by atoms with van der Waals surface area (Å²) >= 11 is 1.48. The van der Waals surface area contributed by atoms with Crippen LogP contribution in [-0.4, -0.2) is 34.4 Å². The van der Waals surface area contributed by atoms with Crippen molar-refractivity contribution in [3.63, 3.8) is 0 Å². The molecule has 1 unspecified atom stereocenters. The lowest BCUT2D eigenvalue weighted by molar-refractivity contribution is -0.119. The number of rotatable bonds is 6. The summed E-state index contributed by atoms with van der Waals surface area (Å²) in [5.74, 6) is 0.809. The molecule has 2 heterocycles. The van der Waals surface area contributed by atoms with Gasteiger partial charge in [0.25, 0.3) is 5.91 Å². The monoisotopic (exact) mass is 451 g/mol. The summed E-state index contributed by atoms with van der Waals surface area (Å²) in [5.41, 5.74) is 1.05. The molecule has 1 aliphatic rings. The first-order valence-corrected chi connectivity index (χ1v) is 10.9. The average molecular weight is 451 g/mol. The summed E-state index contributed by atoms with van der Waals surface area (Å²) in [4.78, 5) is 27.2. The second-order valence-corrected chi connectivity index (χ2v) is 7.98. The first kappa shape index (κ1) is 21.5. The zero-order chi connectivity index (χ0) is 22.5. The molecule has 1 saturated heterocycles. The van der Waals surface area contributed by atoms with Crippen LogP contribution < -0.4 is 10.1 Å². The smallest absolute Gasteiger partial charge is 0.290 e. The van der Waals surface area contributed by atoms with Gasteiger partial charge in [0.1, 0.15) is 30.0 Å². The van der Waals surface area contributed by atoms with E-state index in [0.717, 1.165) is 0 Å². The third-order valence-corrected chi connectivity index (χ3v) is 5.81. The number of nitriles is 1. The van der Waals surface area contributed by atoms with Gasteiger partial charge >= 0.3 is 0 Å². The van der Waals surface area contributed by atoms with Crippen LogP contribution in [0.2, 0.25) is 0 Å². The number of nitrogens with zero attached hydrogens (tertiary/aromatic N) is 2. The van der Waals surface area contributed by atoms with Gasteiger partial charge in [-0.15, -0.1) is 11.8 Å². The molecule has 0 saturated carbocycles. The summed E-state index contributed by atoms with van der Waals surface area (Å²) in [6, 6.07) is 16.7. The van der Waals surface area contributed by atoms with Gasteiger partial charge < -0.3 is 19.4 Å². The number of hydrogen-bond donors (Lipinski definition) is 1. The lowest BCUT2D eigenvalue weighted by Gasteiger charge is -2.22. The van der Waals surface area contributed by atoms with Crippen molar-refractivity contribution in [2.75, 3.05) is 16.9 Å². The Balaban J connectivity index is 1.38. The number of benzene rings is 2. The molecule has 32 heavy (non-hydrogen) atoms. The van der Waals surface area contributed by atoms with Gasteiger partial charge in [0, 0.05) is 11.4 Å². The van der Waals surface area contributed by atoms with E-state index in [4.69, 9.17) is 14.4 Å². The van der Waals surface area contributed by atoms with Crippen molar-refractivity contribution in [3.05, 3.63) is 83.6 Å². The number of ether oxygens (including phenoxy) is 1. The highest BCUT2D eigenvalue weighted by Gasteiger charge is 2.36. The van der Waals surface area contributed by atoms with Gasteiger partial charge in [-0.25, -0.2) is 4.39 Å². The molecule has 4 rings (SSSR count). The molecule has 1 aliphatic heterocycles. The van der Waals surface area contributed by atoms with Gasteiger partial charge in [-0.05, 0) is 60.7 Å². The Labute approximate surface area is 187 Å². The predicted octanol–water partition coefficient (Wildman–Crippen LogP) is 4.02. The van der Waals surface area contributed by atoms with Crippen LogP contribution in [0.5, 0.6) is 5.75 Å². The second-order valence-electron chi connectivity index (χ2n) is 6.98. The molecule has 1 N–H and O–H groups in total. The Morgan fingerprint density at radius 3 is 2.62 bits per heavy atom. The summed E-state index contributed by atoms with van der Waals surface area (Å²) < 4.78 is 24.1. The van der Waals surface area contributed by atoms with Gasteiger partial charge in [-0.3, -0.25) is 9.59 Å². The number of carbonyl (C=O) groups excluding carboxylic acids is 2. The molecule has 0 aliphatic carbocycles. The SMILES string of the molecule is N#Cc1ccc(NC(=O)C2CSCN2C(=O)c2ccc(COc3ccc(F)cc3)o2)cc1. The predicted molar refractivity (Wildman–Crippen MR) is 117 cm³/mol. The van der Waals surface area contributed by atoms with Crippen LogP contribution >= 0.6 is 11.8 Å². The van der Waals surface area contributed by atoms with E-state index in [-0.39, 0.29) is 30.0 Å². The van der Waals surface area contributed by atoms with Gasteiger partial charge in [0.2, 0.25) is 5.91 Å². The largest absolute Gasteiger partial charge is 0.486 e. The molecule has 1 aromatic heterocycles. The number of amides is 2. The Kier molecular flexibility index (Phi) is 6.42. The van der Waals surface area contributed by atoms with E-state index in [9.17, 15) is 14.0 Å². The highest BCUT2D eigenvalue weighted by Crippen LogP contribution is 2.25. The van der Waals surface area contributed by atoms with Crippen LogP contribution in [-0.2, 0) is 11.4 Å². The van der Waals surface area contributed by atoms with E-state index >= 15 is 0 Å². The minimum absolute atomic E-state index is 0.0796. The topological polar surface area (TPSA) is 95.6 Å². The maximum atomic E-state index is 13.0. The molecule has 0 radical (unpaired) electrons. The Morgan fingerprint density at radius 2 is 1.91 bits per heavy atom. The van der Waals surface area contributed by atoms with Gasteiger partial charge in [0.15, 0.2) is 5.76 Å². The Morgan fingerprint density at radius 1 is 1.16 bits per heavy atom. The molecule has 7 nitrogen and oxygen atoms in total. The number of halogens is 1. The standard InChI is InChI=1S/C23H18FN3O4S/c24-16-3-7-18(8-4-16)30-12-19-9-10-21(31-19)23(29)27-14-32-13-20(27)22(28)26-17-5-1-15(11-25)2-6-17/h1-10,20H,12-14H2,(H,26,28). The fraction of sp³-hybridized carbons (Fsp3) is 0.174. The fourth-order valence-corrected chi connectivity index (χ4v) is 4.26. The van der Waals surface area contributed by atoms with E-state index in [1.807, 2.05) is 6.07 Å².